The van der Waals surface area contributed by atoms with Crippen LogP contribution >= 0.6 is 15.9 Å². The van der Waals surface area contributed by atoms with Gasteiger partial charge in [0.1, 0.15) is 5.75 Å². The Morgan fingerprint density at radius 3 is 3.00 bits per heavy atom. The first-order chi connectivity index (χ1) is 7.29. The van der Waals surface area contributed by atoms with Crippen molar-refractivity contribution in [2.24, 2.45) is 0 Å². The predicted octanol–water partition coefficient (Wildman–Crippen LogP) is 2.92. The van der Waals surface area contributed by atoms with E-state index in [1.807, 2.05) is 18.2 Å². The average Bonchev–Trinajstić information content (AvgIpc) is 2.74. The fourth-order valence-corrected chi connectivity index (χ4v) is 1.53. The highest BCUT2D eigenvalue weighted by Crippen LogP contribution is 2.28. The highest BCUT2D eigenvalue weighted by atomic mass is 79.9. The van der Waals surface area contributed by atoms with Gasteiger partial charge in [-0.15, -0.1) is 0 Å². The van der Waals surface area contributed by atoms with Gasteiger partial charge in [0.05, 0.1) is 12.8 Å². The van der Waals surface area contributed by atoms with Crippen LogP contribution in [0, 0.1) is 0 Å². The van der Waals surface area contributed by atoms with E-state index in [0.717, 1.165) is 15.9 Å². The first-order valence-electron chi connectivity index (χ1n) is 4.39. The number of anilines is 2. The number of hydrogen-bond acceptors (Lipinski definition) is 3. The number of aromatic amines is 1. The summed E-state index contributed by atoms with van der Waals surface area (Å²) in [6.07, 6.45) is 3.45. The van der Waals surface area contributed by atoms with E-state index in [-0.39, 0.29) is 0 Å². The van der Waals surface area contributed by atoms with E-state index in [1.165, 1.54) is 0 Å². The normalized spacial score (nSPS) is 10.0. The summed E-state index contributed by atoms with van der Waals surface area (Å²) in [5.41, 5.74) is 0.907. The fraction of sp³-hybridized carbons (Fsp3) is 0.100. The molecule has 0 radical (unpaired) electrons. The van der Waals surface area contributed by atoms with E-state index >= 15 is 0 Å². The van der Waals surface area contributed by atoms with Crippen molar-refractivity contribution in [2.75, 3.05) is 12.4 Å². The second-order valence-corrected chi connectivity index (χ2v) is 3.76. The zero-order chi connectivity index (χ0) is 10.7. The molecule has 0 unspecified atom stereocenters. The molecule has 15 heavy (non-hydrogen) atoms. The highest BCUT2D eigenvalue weighted by molar-refractivity contribution is 9.10. The number of nitrogens with one attached hydrogen (secondary N) is 2. The van der Waals surface area contributed by atoms with Crippen molar-refractivity contribution in [3.05, 3.63) is 35.1 Å². The molecule has 2 rings (SSSR count). The van der Waals surface area contributed by atoms with Crippen molar-refractivity contribution >= 4 is 27.6 Å². The second-order valence-electron chi connectivity index (χ2n) is 2.91. The first kappa shape index (κ1) is 10.0. The van der Waals surface area contributed by atoms with Gasteiger partial charge in [0.2, 0.25) is 5.95 Å². The minimum Gasteiger partial charge on any atom is -0.497 e. The summed E-state index contributed by atoms with van der Waals surface area (Å²) in [4.78, 5) is 7.05. The summed E-state index contributed by atoms with van der Waals surface area (Å²) >= 11 is 3.45. The highest BCUT2D eigenvalue weighted by Gasteiger charge is 2.03. The number of ether oxygens (including phenoxy) is 1. The number of methoxy groups -OCH3 is 1. The minimum atomic E-state index is 0.698. The Hall–Kier alpha value is -1.49. The van der Waals surface area contributed by atoms with Crippen LogP contribution in [0.3, 0.4) is 0 Å². The standard InChI is InChI=1S/C10H10BrN3O/c1-15-7-2-3-8(11)9(6-7)14-10-12-4-5-13-10/h2-6H,1H3,(H2,12,13,14). The molecule has 0 aliphatic heterocycles. The lowest BCUT2D eigenvalue weighted by molar-refractivity contribution is 0.415. The number of nitrogens with zero attached hydrogens (tertiary/aromatic N) is 1. The quantitative estimate of drug-likeness (QED) is 0.899. The molecule has 0 aliphatic rings. The molecule has 4 nitrogen and oxygen atoms in total. The molecule has 0 amide bonds. The van der Waals surface area contributed by atoms with Gasteiger partial charge in [-0.3, -0.25) is 0 Å². The van der Waals surface area contributed by atoms with E-state index in [2.05, 4.69) is 31.2 Å². The van der Waals surface area contributed by atoms with E-state index in [9.17, 15) is 0 Å². The third-order valence-electron chi connectivity index (χ3n) is 1.92. The average molecular weight is 268 g/mol. The fourth-order valence-electron chi connectivity index (χ4n) is 1.19. The van der Waals surface area contributed by atoms with Gasteiger partial charge in [-0.05, 0) is 28.1 Å². The molecule has 1 aromatic carbocycles. The predicted molar refractivity (Wildman–Crippen MR) is 62.6 cm³/mol. The Kier molecular flexibility index (Phi) is 2.91. The number of H-pyrrole nitrogens is 1. The van der Waals surface area contributed by atoms with Crippen LogP contribution in [0.15, 0.2) is 35.1 Å². The molecule has 78 valence electrons. The summed E-state index contributed by atoms with van der Waals surface area (Å²) in [5, 5.41) is 3.13. The van der Waals surface area contributed by atoms with Gasteiger partial charge in [-0.25, -0.2) is 4.98 Å². The summed E-state index contributed by atoms with van der Waals surface area (Å²) in [6, 6.07) is 5.70. The molecule has 2 aromatic rings. The van der Waals surface area contributed by atoms with Crippen LogP contribution in [0.2, 0.25) is 0 Å². The molecule has 1 heterocycles. The number of hydrogen-bond donors (Lipinski definition) is 2. The SMILES string of the molecule is COc1ccc(Br)c(Nc2ncc[nH]2)c1. The smallest absolute Gasteiger partial charge is 0.204 e. The summed E-state index contributed by atoms with van der Waals surface area (Å²) in [7, 11) is 1.64. The largest absolute Gasteiger partial charge is 0.497 e. The zero-order valence-corrected chi connectivity index (χ0v) is 9.71. The van der Waals surface area contributed by atoms with Crippen LogP contribution in [0.1, 0.15) is 0 Å². The lowest BCUT2D eigenvalue weighted by atomic mass is 10.3. The Bertz CT molecular complexity index is 442. The molecule has 1 aromatic heterocycles. The topological polar surface area (TPSA) is 49.9 Å². The molecular weight excluding hydrogens is 258 g/mol. The van der Waals surface area contributed by atoms with Crippen LogP contribution in [0.5, 0.6) is 5.75 Å². The Morgan fingerprint density at radius 2 is 2.33 bits per heavy atom. The maximum atomic E-state index is 5.14. The molecule has 5 heteroatoms. The summed E-state index contributed by atoms with van der Waals surface area (Å²) in [6.45, 7) is 0. The van der Waals surface area contributed by atoms with Crippen LogP contribution in [-0.4, -0.2) is 17.1 Å². The summed E-state index contributed by atoms with van der Waals surface area (Å²) < 4.78 is 6.10. The van der Waals surface area contributed by atoms with Crippen molar-refractivity contribution in [1.82, 2.24) is 9.97 Å². The van der Waals surface area contributed by atoms with Gasteiger partial charge < -0.3 is 15.0 Å². The lowest BCUT2D eigenvalue weighted by Crippen LogP contribution is -1.94. The van der Waals surface area contributed by atoms with Gasteiger partial charge in [-0.2, -0.15) is 0 Å². The number of imidazole rings is 1. The molecule has 2 N–H and O–H groups in total. The zero-order valence-electron chi connectivity index (χ0n) is 8.12. The number of benzene rings is 1. The number of aromatic nitrogens is 2. The molecule has 0 bridgehead atoms. The Balaban J connectivity index is 2.27. The third kappa shape index (κ3) is 2.30. The van der Waals surface area contributed by atoms with Gasteiger partial charge in [0.15, 0.2) is 0 Å². The molecular formula is C10H10BrN3O. The minimum absolute atomic E-state index is 0.698. The van der Waals surface area contributed by atoms with Gasteiger partial charge in [0.25, 0.3) is 0 Å². The van der Waals surface area contributed by atoms with E-state index in [0.29, 0.717) is 5.95 Å². The van der Waals surface area contributed by atoms with Crippen molar-refractivity contribution in [1.29, 1.82) is 0 Å². The maximum absolute atomic E-state index is 5.14. The van der Waals surface area contributed by atoms with Crippen molar-refractivity contribution in [3.8, 4) is 5.75 Å². The molecule has 0 saturated carbocycles. The molecule has 0 fully saturated rings. The Morgan fingerprint density at radius 1 is 1.47 bits per heavy atom. The van der Waals surface area contributed by atoms with Crippen LogP contribution in [0.4, 0.5) is 11.6 Å². The monoisotopic (exact) mass is 267 g/mol. The van der Waals surface area contributed by atoms with Crippen LogP contribution < -0.4 is 10.1 Å². The van der Waals surface area contributed by atoms with Crippen molar-refractivity contribution < 1.29 is 4.74 Å². The lowest BCUT2D eigenvalue weighted by Gasteiger charge is -2.07. The number of halogens is 1. The second kappa shape index (κ2) is 4.35. The number of rotatable bonds is 3. The van der Waals surface area contributed by atoms with Gasteiger partial charge in [0, 0.05) is 22.9 Å². The molecule has 0 saturated heterocycles. The first-order valence-corrected chi connectivity index (χ1v) is 5.19. The van der Waals surface area contributed by atoms with Crippen LogP contribution in [-0.2, 0) is 0 Å². The van der Waals surface area contributed by atoms with Crippen molar-refractivity contribution in [2.45, 2.75) is 0 Å². The van der Waals surface area contributed by atoms with E-state index in [1.54, 1.807) is 19.5 Å². The Labute approximate surface area is 95.8 Å². The van der Waals surface area contributed by atoms with E-state index in [4.69, 9.17) is 4.74 Å². The summed E-state index contributed by atoms with van der Waals surface area (Å²) in [5.74, 6) is 1.50. The van der Waals surface area contributed by atoms with E-state index < -0.39 is 0 Å². The van der Waals surface area contributed by atoms with Gasteiger partial charge in [-0.1, -0.05) is 0 Å². The van der Waals surface area contributed by atoms with Gasteiger partial charge >= 0.3 is 0 Å². The molecule has 0 aliphatic carbocycles. The molecule has 0 atom stereocenters. The van der Waals surface area contributed by atoms with Crippen molar-refractivity contribution in [3.63, 3.8) is 0 Å². The molecule has 0 spiro atoms. The maximum Gasteiger partial charge on any atom is 0.204 e. The van der Waals surface area contributed by atoms with Crippen LogP contribution in [0.25, 0.3) is 0 Å². The third-order valence-corrected chi connectivity index (χ3v) is 2.62.